The normalized spacial score (nSPS) is 15.8. The number of furan rings is 1. The summed E-state index contributed by atoms with van der Waals surface area (Å²) in [5.41, 5.74) is 10.2. The molecule has 2 aromatic carbocycles. The van der Waals surface area contributed by atoms with Crippen molar-refractivity contribution in [2.45, 2.75) is 27.7 Å². The van der Waals surface area contributed by atoms with Gasteiger partial charge in [-0.2, -0.15) is 5.26 Å². The van der Waals surface area contributed by atoms with Gasteiger partial charge in [0.1, 0.15) is 17.2 Å². The molecule has 1 N–H and O–H groups in total. The molecule has 30 heavy (non-hydrogen) atoms. The van der Waals surface area contributed by atoms with E-state index in [1.54, 1.807) is 0 Å². The molecule has 0 atom stereocenters. The van der Waals surface area contributed by atoms with Crippen LogP contribution in [0.15, 0.2) is 74.8 Å². The molecular weight excluding hydrogens is 370 g/mol. The Morgan fingerprint density at radius 2 is 1.73 bits per heavy atom. The van der Waals surface area contributed by atoms with Crippen LogP contribution in [0.1, 0.15) is 36.4 Å². The number of nitrogens with one attached hydrogen (secondary N) is 1. The Morgan fingerprint density at radius 3 is 2.43 bits per heavy atom. The predicted octanol–water partition coefficient (Wildman–Crippen LogP) is 6.60. The number of aromatic nitrogens is 1. The van der Waals surface area contributed by atoms with Crippen LogP contribution in [-0.4, -0.2) is 10.7 Å². The van der Waals surface area contributed by atoms with E-state index >= 15 is 0 Å². The number of aliphatic imine (C=N–C) groups is 1. The Balaban J connectivity index is 1.86. The van der Waals surface area contributed by atoms with Gasteiger partial charge in [-0.15, -0.1) is 0 Å². The molecule has 1 aliphatic heterocycles. The van der Waals surface area contributed by atoms with Gasteiger partial charge >= 0.3 is 0 Å². The van der Waals surface area contributed by atoms with Crippen LogP contribution in [0.25, 0.3) is 27.5 Å². The minimum absolute atomic E-state index is 0.651. The lowest BCUT2D eigenvalue weighted by Gasteiger charge is -2.12. The Morgan fingerprint density at radius 1 is 0.967 bits per heavy atom. The van der Waals surface area contributed by atoms with Crippen molar-refractivity contribution in [2.75, 3.05) is 0 Å². The summed E-state index contributed by atoms with van der Waals surface area (Å²) >= 11 is 0. The molecule has 3 heterocycles. The minimum Gasteiger partial charge on any atom is -0.456 e. The number of para-hydroxylation sites is 1. The smallest absolute Gasteiger partial charge is 0.135 e. The lowest BCUT2D eigenvalue weighted by molar-refractivity contribution is 0.669. The Hall–Kier alpha value is -3.84. The molecular formula is C26H21N3O. The van der Waals surface area contributed by atoms with Crippen LogP contribution in [0.5, 0.6) is 0 Å². The molecule has 0 saturated carbocycles. The van der Waals surface area contributed by atoms with Crippen LogP contribution in [0, 0.1) is 25.2 Å². The zero-order valence-corrected chi connectivity index (χ0v) is 17.4. The van der Waals surface area contributed by atoms with Gasteiger partial charge < -0.3 is 9.40 Å². The maximum Gasteiger partial charge on any atom is 0.135 e. The van der Waals surface area contributed by atoms with Gasteiger partial charge in [-0.25, -0.2) is 0 Å². The monoisotopic (exact) mass is 391 g/mol. The van der Waals surface area contributed by atoms with Crippen LogP contribution < -0.4 is 0 Å². The van der Waals surface area contributed by atoms with Crippen molar-refractivity contribution in [2.24, 2.45) is 4.99 Å². The topological polar surface area (TPSA) is 65.1 Å². The maximum absolute atomic E-state index is 9.61. The molecule has 4 heteroatoms. The first kappa shape index (κ1) is 18.2. The van der Waals surface area contributed by atoms with E-state index in [0.717, 1.165) is 67.0 Å². The van der Waals surface area contributed by atoms with Crippen LogP contribution in [0.2, 0.25) is 0 Å². The third-order valence-electron chi connectivity index (χ3n) is 5.79. The molecule has 4 nitrogen and oxygen atoms in total. The molecule has 4 aromatic rings. The van der Waals surface area contributed by atoms with Crippen LogP contribution in [-0.2, 0) is 0 Å². The lowest BCUT2D eigenvalue weighted by atomic mass is 9.94. The maximum atomic E-state index is 9.61. The fourth-order valence-corrected chi connectivity index (χ4v) is 4.37. The highest BCUT2D eigenvalue weighted by Crippen LogP contribution is 2.39. The molecule has 0 aliphatic carbocycles. The first-order valence-corrected chi connectivity index (χ1v) is 9.97. The number of nitriles is 1. The van der Waals surface area contributed by atoms with Crippen LogP contribution in [0.3, 0.4) is 0 Å². The number of aryl methyl sites for hydroxylation is 2. The summed E-state index contributed by atoms with van der Waals surface area (Å²) in [4.78, 5) is 8.32. The summed E-state index contributed by atoms with van der Waals surface area (Å²) < 4.78 is 6.02. The fourth-order valence-electron chi connectivity index (χ4n) is 4.37. The summed E-state index contributed by atoms with van der Waals surface area (Å²) in [6.45, 7) is 8.02. The van der Waals surface area contributed by atoms with Gasteiger partial charge in [0.2, 0.25) is 0 Å². The summed E-state index contributed by atoms with van der Waals surface area (Å²) in [7, 11) is 0. The average Bonchev–Trinajstić information content (AvgIpc) is 3.35. The third kappa shape index (κ3) is 2.63. The van der Waals surface area contributed by atoms with Gasteiger partial charge in [-0.1, -0.05) is 24.3 Å². The van der Waals surface area contributed by atoms with Crippen LogP contribution in [0.4, 0.5) is 0 Å². The minimum atomic E-state index is 0.651. The number of nitrogens with zero attached hydrogens (tertiary/aromatic N) is 2. The zero-order valence-electron chi connectivity index (χ0n) is 17.4. The number of rotatable bonds is 2. The Labute approximate surface area is 174 Å². The third-order valence-corrected chi connectivity index (χ3v) is 5.79. The van der Waals surface area contributed by atoms with E-state index in [1.165, 1.54) is 0 Å². The second kappa shape index (κ2) is 6.60. The van der Waals surface area contributed by atoms with Gasteiger partial charge in [0.25, 0.3) is 0 Å². The van der Waals surface area contributed by atoms with Gasteiger partial charge in [-0.3, -0.25) is 4.99 Å². The van der Waals surface area contributed by atoms with E-state index < -0.39 is 0 Å². The first-order chi connectivity index (χ1) is 14.5. The lowest BCUT2D eigenvalue weighted by Crippen LogP contribution is -1.96. The van der Waals surface area contributed by atoms with E-state index in [9.17, 15) is 5.26 Å². The summed E-state index contributed by atoms with van der Waals surface area (Å²) in [5, 5.41) is 11.8. The molecule has 2 aromatic heterocycles. The highest BCUT2D eigenvalue weighted by atomic mass is 16.3. The van der Waals surface area contributed by atoms with Crippen molar-refractivity contribution < 1.29 is 4.42 Å². The molecule has 146 valence electrons. The number of hydrogen-bond acceptors (Lipinski definition) is 3. The number of allylic oxidation sites excluding steroid dienone is 2. The molecule has 0 bridgehead atoms. The number of benzene rings is 2. The van der Waals surface area contributed by atoms with E-state index in [1.807, 2.05) is 38.1 Å². The summed E-state index contributed by atoms with van der Waals surface area (Å²) in [6.07, 6.45) is 0. The molecule has 0 radical (unpaired) electrons. The molecule has 5 rings (SSSR count). The first-order valence-electron chi connectivity index (χ1n) is 9.97. The summed E-state index contributed by atoms with van der Waals surface area (Å²) in [5.74, 6) is 0. The van der Waals surface area contributed by atoms with Crippen LogP contribution >= 0.6 is 0 Å². The molecule has 0 saturated heterocycles. The predicted molar refractivity (Wildman–Crippen MR) is 121 cm³/mol. The van der Waals surface area contributed by atoms with E-state index in [4.69, 9.17) is 9.41 Å². The molecule has 0 unspecified atom stereocenters. The molecule has 0 amide bonds. The van der Waals surface area contributed by atoms with E-state index in [-0.39, 0.29) is 0 Å². The number of aromatic amines is 1. The van der Waals surface area contributed by atoms with Crippen molar-refractivity contribution in [1.29, 1.82) is 5.26 Å². The highest BCUT2D eigenvalue weighted by Gasteiger charge is 2.24. The Kier molecular flexibility index (Phi) is 4.01. The molecule has 1 aliphatic rings. The van der Waals surface area contributed by atoms with Crippen molar-refractivity contribution in [3.63, 3.8) is 0 Å². The van der Waals surface area contributed by atoms with Gasteiger partial charge in [0.05, 0.1) is 22.7 Å². The SMILES string of the molecule is CC1=N/C(=C(/c2ccc3oc4ccccc4c3c2)c2[nH]c(C)cc2C)C(C)=C1C#N. The van der Waals surface area contributed by atoms with Gasteiger partial charge in [-0.05, 0) is 68.7 Å². The largest absolute Gasteiger partial charge is 0.456 e. The van der Waals surface area contributed by atoms with Crippen molar-refractivity contribution >= 4 is 33.2 Å². The summed E-state index contributed by atoms with van der Waals surface area (Å²) in [6, 6.07) is 18.8. The molecule has 0 spiro atoms. The Bertz CT molecular complexity index is 1480. The van der Waals surface area contributed by atoms with Crippen molar-refractivity contribution in [3.05, 3.63) is 87.9 Å². The van der Waals surface area contributed by atoms with Gasteiger partial charge in [0, 0.05) is 22.0 Å². The fraction of sp³-hybridized carbons (Fsp3) is 0.154. The zero-order chi connectivity index (χ0) is 21.0. The second-order valence-electron chi connectivity index (χ2n) is 7.85. The standard InChI is InChI=1S/C26H21N3O/c1-14-11-15(2)28-25(14)24(26-16(3)21(13-27)17(4)29-26)18-9-10-23-20(12-18)19-7-5-6-8-22(19)30-23/h5-12,28H,1-4H3/b26-24-. The van der Waals surface area contributed by atoms with E-state index in [2.05, 4.69) is 49.2 Å². The van der Waals surface area contributed by atoms with Crippen molar-refractivity contribution in [3.8, 4) is 6.07 Å². The number of hydrogen-bond donors (Lipinski definition) is 1. The molecule has 0 fully saturated rings. The number of fused-ring (bicyclic) bond motifs is 3. The second-order valence-corrected chi connectivity index (χ2v) is 7.85. The average molecular weight is 391 g/mol. The van der Waals surface area contributed by atoms with Gasteiger partial charge in [0.15, 0.2) is 0 Å². The number of H-pyrrole nitrogens is 1. The van der Waals surface area contributed by atoms with Crippen molar-refractivity contribution in [1.82, 2.24) is 4.98 Å². The highest BCUT2D eigenvalue weighted by molar-refractivity contribution is 6.09. The van der Waals surface area contributed by atoms with E-state index in [0.29, 0.717) is 5.57 Å². The quantitative estimate of drug-likeness (QED) is 0.418.